The lowest BCUT2D eigenvalue weighted by Crippen LogP contribution is -2.05. The highest BCUT2D eigenvalue weighted by Crippen LogP contribution is 2.20. The summed E-state index contributed by atoms with van der Waals surface area (Å²) < 4.78 is 5.31. The van der Waals surface area contributed by atoms with Crippen molar-refractivity contribution in [3.63, 3.8) is 0 Å². The van der Waals surface area contributed by atoms with Crippen LogP contribution in [0.3, 0.4) is 0 Å². The third-order valence-corrected chi connectivity index (χ3v) is 3.08. The van der Waals surface area contributed by atoms with Gasteiger partial charge in [-0.2, -0.15) is 0 Å². The fourth-order valence-corrected chi connectivity index (χ4v) is 1.94. The van der Waals surface area contributed by atoms with E-state index in [1.807, 2.05) is 19.1 Å². The highest BCUT2D eigenvalue weighted by molar-refractivity contribution is 5.58. The topological polar surface area (TPSA) is 73.1 Å². The molecule has 0 bridgehead atoms. The Kier molecular flexibility index (Phi) is 5.11. The molecular weight excluding hydrogens is 264 g/mol. The van der Waals surface area contributed by atoms with Gasteiger partial charge in [0.05, 0.1) is 0 Å². The zero-order valence-corrected chi connectivity index (χ0v) is 12.8. The summed E-state index contributed by atoms with van der Waals surface area (Å²) in [6, 6.07) is 10.0. The minimum absolute atomic E-state index is 0.364. The molecule has 0 atom stereocenters. The van der Waals surface area contributed by atoms with E-state index in [1.165, 1.54) is 5.56 Å². The van der Waals surface area contributed by atoms with E-state index < -0.39 is 0 Å². The smallest absolute Gasteiger partial charge is 0.158 e. The van der Waals surface area contributed by atoms with Crippen LogP contribution >= 0.6 is 0 Å². The number of benzene rings is 1. The van der Waals surface area contributed by atoms with E-state index in [0.29, 0.717) is 36.6 Å². The molecule has 0 radical (unpaired) electrons. The number of hydrogen-bond donors (Lipinski definition) is 2. The van der Waals surface area contributed by atoms with Crippen LogP contribution < -0.4 is 11.1 Å². The first-order valence-electron chi connectivity index (χ1n) is 7.16. The van der Waals surface area contributed by atoms with Gasteiger partial charge in [0, 0.05) is 18.4 Å². The molecule has 3 N–H and O–H groups in total. The molecule has 0 saturated carbocycles. The maximum absolute atomic E-state index is 5.80. The molecule has 0 fully saturated rings. The number of nitrogens with two attached hydrogens (primary N) is 1. The highest BCUT2D eigenvalue weighted by Gasteiger charge is 2.04. The van der Waals surface area contributed by atoms with Crippen molar-refractivity contribution in [3.8, 4) is 0 Å². The lowest BCUT2D eigenvalue weighted by atomic mass is 10.0. The summed E-state index contributed by atoms with van der Waals surface area (Å²) in [5.74, 6) is 2.21. The zero-order valence-electron chi connectivity index (χ0n) is 12.8. The molecule has 2 rings (SSSR count). The van der Waals surface area contributed by atoms with Crippen LogP contribution in [-0.4, -0.2) is 16.6 Å². The van der Waals surface area contributed by atoms with Crippen LogP contribution in [0.5, 0.6) is 0 Å². The van der Waals surface area contributed by atoms with Crippen molar-refractivity contribution in [2.24, 2.45) is 0 Å². The molecule has 112 valence electrons. The first-order chi connectivity index (χ1) is 10.1. The van der Waals surface area contributed by atoms with Crippen molar-refractivity contribution in [2.75, 3.05) is 17.7 Å². The second-order valence-corrected chi connectivity index (χ2v) is 5.13. The minimum Gasteiger partial charge on any atom is -0.384 e. The largest absolute Gasteiger partial charge is 0.384 e. The number of anilines is 3. The third-order valence-electron chi connectivity index (χ3n) is 3.08. The Bertz CT molecular complexity index is 581. The molecule has 1 heterocycles. The number of rotatable bonds is 6. The van der Waals surface area contributed by atoms with E-state index in [-0.39, 0.29) is 0 Å². The lowest BCUT2D eigenvalue weighted by Gasteiger charge is -2.10. The summed E-state index contributed by atoms with van der Waals surface area (Å²) >= 11 is 0. The number of ether oxygens (including phenoxy) is 1. The molecule has 0 aliphatic heterocycles. The van der Waals surface area contributed by atoms with Gasteiger partial charge in [-0.25, -0.2) is 9.97 Å². The number of nitrogens with zero attached hydrogens (tertiary/aromatic N) is 2. The molecule has 1 aromatic carbocycles. The fraction of sp³-hybridized carbons (Fsp3) is 0.375. The minimum atomic E-state index is 0.364. The molecule has 5 nitrogen and oxygen atoms in total. The van der Waals surface area contributed by atoms with E-state index in [0.717, 1.165) is 5.69 Å². The van der Waals surface area contributed by atoms with Crippen LogP contribution in [0.25, 0.3) is 0 Å². The van der Waals surface area contributed by atoms with Crippen LogP contribution in [0.15, 0.2) is 30.3 Å². The number of aromatic nitrogens is 2. The number of nitrogens with one attached hydrogen (secondary N) is 1. The molecule has 5 heteroatoms. The quantitative estimate of drug-likeness (QED) is 0.850. The first kappa shape index (κ1) is 15.3. The van der Waals surface area contributed by atoms with E-state index >= 15 is 0 Å². The Morgan fingerprint density at radius 3 is 2.52 bits per heavy atom. The van der Waals surface area contributed by atoms with Gasteiger partial charge in [0.25, 0.3) is 0 Å². The summed E-state index contributed by atoms with van der Waals surface area (Å²) in [6.45, 7) is 7.27. The van der Waals surface area contributed by atoms with Gasteiger partial charge >= 0.3 is 0 Å². The van der Waals surface area contributed by atoms with Crippen LogP contribution in [0.4, 0.5) is 17.3 Å². The van der Waals surface area contributed by atoms with Crippen molar-refractivity contribution >= 4 is 17.3 Å². The maximum Gasteiger partial charge on any atom is 0.158 e. The molecule has 0 saturated heterocycles. The molecule has 1 aromatic heterocycles. The van der Waals surface area contributed by atoms with Crippen molar-refractivity contribution < 1.29 is 4.74 Å². The Morgan fingerprint density at radius 1 is 1.19 bits per heavy atom. The summed E-state index contributed by atoms with van der Waals surface area (Å²) in [6.07, 6.45) is 0. The fourth-order valence-electron chi connectivity index (χ4n) is 1.94. The number of nitrogen functional groups attached to an aromatic ring is 1. The molecule has 21 heavy (non-hydrogen) atoms. The monoisotopic (exact) mass is 286 g/mol. The summed E-state index contributed by atoms with van der Waals surface area (Å²) in [7, 11) is 0. The normalized spacial score (nSPS) is 10.9. The van der Waals surface area contributed by atoms with Crippen molar-refractivity contribution in [3.05, 3.63) is 41.7 Å². The Balaban J connectivity index is 2.12. The number of hydrogen-bond acceptors (Lipinski definition) is 5. The lowest BCUT2D eigenvalue weighted by molar-refractivity contribution is 0.128. The molecule has 2 aromatic rings. The third kappa shape index (κ3) is 4.43. The first-order valence-corrected chi connectivity index (χ1v) is 7.16. The molecule has 0 aliphatic rings. The van der Waals surface area contributed by atoms with E-state index in [2.05, 4.69) is 41.3 Å². The zero-order chi connectivity index (χ0) is 15.2. The van der Waals surface area contributed by atoms with E-state index in [1.54, 1.807) is 6.07 Å². The highest BCUT2D eigenvalue weighted by atomic mass is 16.5. The molecule has 0 unspecified atom stereocenters. The molecule has 0 aliphatic carbocycles. The molecule has 0 amide bonds. The van der Waals surface area contributed by atoms with Gasteiger partial charge in [-0.15, -0.1) is 0 Å². The van der Waals surface area contributed by atoms with Crippen LogP contribution in [0.1, 0.15) is 38.1 Å². The van der Waals surface area contributed by atoms with E-state index in [4.69, 9.17) is 10.5 Å². The average molecular weight is 286 g/mol. The molecule has 0 spiro atoms. The average Bonchev–Trinajstić information content (AvgIpc) is 2.45. The van der Waals surface area contributed by atoms with Gasteiger partial charge in [0.1, 0.15) is 18.2 Å². The second kappa shape index (κ2) is 7.04. The van der Waals surface area contributed by atoms with Crippen LogP contribution in [0, 0.1) is 0 Å². The van der Waals surface area contributed by atoms with Gasteiger partial charge in [-0.3, -0.25) is 0 Å². The Morgan fingerprint density at radius 2 is 1.90 bits per heavy atom. The molecular formula is C16H22N4O. The van der Waals surface area contributed by atoms with Gasteiger partial charge < -0.3 is 15.8 Å². The van der Waals surface area contributed by atoms with Crippen LogP contribution in [-0.2, 0) is 11.3 Å². The van der Waals surface area contributed by atoms with Gasteiger partial charge in [0.2, 0.25) is 0 Å². The van der Waals surface area contributed by atoms with E-state index in [9.17, 15) is 0 Å². The summed E-state index contributed by atoms with van der Waals surface area (Å²) in [5.41, 5.74) is 8.08. The van der Waals surface area contributed by atoms with Crippen LogP contribution in [0.2, 0.25) is 0 Å². The van der Waals surface area contributed by atoms with Gasteiger partial charge in [-0.05, 0) is 30.5 Å². The predicted molar refractivity (Wildman–Crippen MR) is 85.6 cm³/mol. The van der Waals surface area contributed by atoms with Crippen molar-refractivity contribution in [2.45, 2.75) is 33.3 Å². The standard InChI is InChI=1S/C16H22N4O/c1-4-21-10-16-19-14(17)9-15(20-16)18-13-7-5-12(6-8-13)11(2)3/h5-9,11H,4,10H2,1-3H3,(H3,17,18,19,20). The predicted octanol–water partition coefficient (Wildman–Crippen LogP) is 3.46. The van der Waals surface area contributed by atoms with Crippen molar-refractivity contribution in [1.29, 1.82) is 0 Å². The van der Waals surface area contributed by atoms with Gasteiger partial charge in [-0.1, -0.05) is 26.0 Å². The second-order valence-electron chi connectivity index (χ2n) is 5.13. The Labute approximate surface area is 125 Å². The van der Waals surface area contributed by atoms with Gasteiger partial charge in [0.15, 0.2) is 5.82 Å². The summed E-state index contributed by atoms with van der Waals surface area (Å²) in [4.78, 5) is 8.55. The van der Waals surface area contributed by atoms with Crippen molar-refractivity contribution in [1.82, 2.24) is 9.97 Å². The maximum atomic E-state index is 5.80. The summed E-state index contributed by atoms with van der Waals surface area (Å²) in [5, 5.41) is 3.24. The Hall–Kier alpha value is -2.14. The SMILES string of the molecule is CCOCc1nc(N)cc(Nc2ccc(C(C)C)cc2)n1.